The molecule has 1 saturated carbocycles. The fourth-order valence-corrected chi connectivity index (χ4v) is 3.11. The molecule has 1 N–H and O–H groups in total. The molecule has 0 saturated heterocycles. The van der Waals surface area contributed by atoms with Crippen molar-refractivity contribution in [2.45, 2.75) is 39.7 Å². The second-order valence-corrected chi connectivity index (χ2v) is 7.28. The fourth-order valence-electron chi connectivity index (χ4n) is 2.62. The molecule has 0 aliphatic heterocycles. The van der Waals surface area contributed by atoms with Gasteiger partial charge in [0.1, 0.15) is 5.82 Å². The number of rotatable bonds is 5. The normalized spacial score (nSPS) is 22.3. The second kappa shape index (κ2) is 5.71. The van der Waals surface area contributed by atoms with E-state index in [-0.39, 0.29) is 17.3 Å². The molecule has 2 unspecified atom stereocenters. The number of benzene rings is 1. The lowest BCUT2D eigenvalue weighted by molar-refractivity contribution is 0.403. The van der Waals surface area contributed by atoms with Crippen molar-refractivity contribution in [1.82, 2.24) is 5.32 Å². The Balaban J connectivity index is 2.30. The number of nitrogens with one attached hydrogen (secondary N) is 1. The maximum absolute atomic E-state index is 14.2. The van der Waals surface area contributed by atoms with E-state index in [1.807, 2.05) is 0 Å². The molecular weight excluding hydrogens is 329 g/mol. The van der Waals surface area contributed by atoms with Gasteiger partial charge in [0.25, 0.3) is 0 Å². The average molecular weight is 349 g/mol. The molecule has 2 atom stereocenters. The van der Waals surface area contributed by atoms with Crippen molar-refractivity contribution in [2.24, 2.45) is 11.3 Å². The zero-order valence-corrected chi connectivity index (χ0v) is 13.9. The molecular formula is C15H20BrClFN. The summed E-state index contributed by atoms with van der Waals surface area (Å²) in [6.07, 6.45) is 2.16. The lowest BCUT2D eigenvalue weighted by Crippen LogP contribution is -2.26. The van der Waals surface area contributed by atoms with Gasteiger partial charge in [-0.25, -0.2) is 4.39 Å². The van der Waals surface area contributed by atoms with Gasteiger partial charge in [-0.1, -0.05) is 32.4 Å². The van der Waals surface area contributed by atoms with Crippen molar-refractivity contribution in [3.05, 3.63) is 33.0 Å². The van der Waals surface area contributed by atoms with Crippen LogP contribution in [0.4, 0.5) is 4.39 Å². The third-order valence-electron chi connectivity index (χ3n) is 3.98. The van der Waals surface area contributed by atoms with Gasteiger partial charge in [0.2, 0.25) is 0 Å². The molecule has 1 fully saturated rings. The first-order chi connectivity index (χ1) is 8.86. The van der Waals surface area contributed by atoms with Gasteiger partial charge < -0.3 is 5.32 Å². The van der Waals surface area contributed by atoms with E-state index in [1.54, 1.807) is 6.07 Å². The van der Waals surface area contributed by atoms with E-state index in [9.17, 15) is 4.39 Å². The van der Waals surface area contributed by atoms with Gasteiger partial charge in [-0.2, -0.15) is 0 Å². The fraction of sp³-hybridized carbons (Fsp3) is 0.600. The standard InChI is InChI=1S/C15H20BrClFN/c1-4-5-19-14(10-8-15(10,2)3)9-6-12(17)11(16)7-13(9)18/h6-7,10,14,19H,4-5,8H2,1-3H3. The van der Waals surface area contributed by atoms with Crippen LogP contribution in [0.3, 0.4) is 0 Å². The van der Waals surface area contributed by atoms with Crippen LogP contribution in [0.25, 0.3) is 0 Å². The molecule has 1 aliphatic rings. The smallest absolute Gasteiger partial charge is 0.129 e. The largest absolute Gasteiger partial charge is 0.310 e. The van der Waals surface area contributed by atoms with E-state index in [4.69, 9.17) is 11.6 Å². The van der Waals surface area contributed by atoms with Crippen LogP contribution in [0.15, 0.2) is 16.6 Å². The van der Waals surface area contributed by atoms with Crippen LogP contribution < -0.4 is 5.32 Å². The number of halogens is 3. The van der Waals surface area contributed by atoms with Gasteiger partial charge in [0.15, 0.2) is 0 Å². The Bertz CT molecular complexity index is 475. The molecule has 1 aliphatic carbocycles. The van der Waals surface area contributed by atoms with Crippen LogP contribution in [0.1, 0.15) is 45.2 Å². The highest BCUT2D eigenvalue weighted by Crippen LogP contribution is 2.58. The van der Waals surface area contributed by atoms with Crippen molar-refractivity contribution in [3.8, 4) is 0 Å². The highest BCUT2D eigenvalue weighted by atomic mass is 79.9. The predicted molar refractivity (Wildman–Crippen MR) is 82.0 cm³/mol. The Morgan fingerprint density at radius 2 is 2.16 bits per heavy atom. The highest BCUT2D eigenvalue weighted by Gasteiger charge is 2.50. The average Bonchev–Trinajstić information content (AvgIpc) is 2.95. The molecule has 0 heterocycles. The van der Waals surface area contributed by atoms with Crippen LogP contribution in [0, 0.1) is 17.2 Å². The Morgan fingerprint density at radius 1 is 1.53 bits per heavy atom. The van der Waals surface area contributed by atoms with E-state index >= 15 is 0 Å². The van der Waals surface area contributed by atoms with Crippen LogP contribution in [0.5, 0.6) is 0 Å². The van der Waals surface area contributed by atoms with Gasteiger partial charge in [0.05, 0.1) is 5.02 Å². The summed E-state index contributed by atoms with van der Waals surface area (Å²) in [5.41, 5.74) is 0.981. The van der Waals surface area contributed by atoms with Crippen molar-refractivity contribution in [1.29, 1.82) is 0 Å². The molecule has 106 valence electrons. The number of hydrogen-bond acceptors (Lipinski definition) is 1. The van der Waals surface area contributed by atoms with Crippen LogP contribution in [0.2, 0.25) is 5.02 Å². The van der Waals surface area contributed by atoms with Gasteiger partial charge in [-0.05, 0) is 58.8 Å². The molecule has 0 aromatic heterocycles. The Labute approximate surface area is 128 Å². The number of hydrogen-bond donors (Lipinski definition) is 1. The van der Waals surface area contributed by atoms with Crippen molar-refractivity contribution in [3.63, 3.8) is 0 Å². The quantitative estimate of drug-likeness (QED) is 0.709. The first-order valence-corrected chi connectivity index (χ1v) is 7.91. The monoisotopic (exact) mass is 347 g/mol. The molecule has 2 rings (SSSR count). The summed E-state index contributed by atoms with van der Waals surface area (Å²) in [5.74, 6) is 0.290. The zero-order chi connectivity index (χ0) is 14.2. The maximum atomic E-state index is 14.2. The van der Waals surface area contributed by atoms with E-state index < -0.39 is 0 Å². The van der Waals surface area contributed by atoms with E-state index in [2.05, 4.69) is 42.0 Å². The van der Waals surface area contributed by atoms with E-state index in [0.717, 1.165) is 19.4 Å². The summed E-state index contributed by atoms with van der Waals surface area (Å²) in [6, 6.07) is 3.27. The SMILES string of the molecule is CCCNC(c1cc(Cl)c(Br)cc1F)C1CC1(C)C. The Kier molecular flexibility index (Phi) is 4.59. The molecule has 0 spiro atoms. The summed E-state index contributed by atoms with van der Waals surface area (Å²) in [4.78, 5) is 0. The zero-order valence-electron chi connectivity index (χ0n) is 11.6. The molecule has 4 heteroatoms. The van der Waals surface area contributed by atoms with Crippen molar-refractivity contribution in [2.75, 3.05) is 6.54 Å². The van der Waals surface area contributed by atoms with Crippen molar-refractivity contribution >= 4 is 27.5 Å². The molecule has 1 nitrogen and oxygen atoms in total. The van der Waals surface area contributed by atoms with Crippen LogP contribution in [-0.2, 0) is 0 Å². The summed E-state index contributed by atoms with van der Waals surface area (Å²) in [5, 5.41) is 4.04. The first-order valence-electron chi connectivity index (χ1n) is 6.74. The minimum absolute atomic E-state index is 0.0561. The molecule has 0 bridgehead atoms. The first kappa shape index (κ1) is 15.3. The summed E-state index contributed by atoms with van der Waals surface area (Å²) >= 11 is 9.38. The van der Waals surface area contributed by atoms with Gasteiger partial charge in [-0.15, -0.1) is 0 Å². The molecule has 0 radical (unpaired) electrons. The lowest BCUT2D eigenvalue weighted by atomic mass is 9.96. The highest BCUT2D eigenvalue weighted by molar-refractivity contribution is 9.10. The topological polar surface area (TPSA) is 12.0 Å². The third kappa shape index (κ3) is 3.32. The minimum atomic E-state index is -0.187. The minimum Gasteiger partial charge on any atom is -0.310 e. The predicted octanol–water partition coefficient (Wildman–Crippen LogP) is 5.33. The summed E-state index contributed by atoms with van der Waals surface area (Å²) in [6.45, 7) is 7.48. The molecule has 19 heavy (non-hydrogen) atoms. The van der Waals surface area contributed by atoms with Crippen LogP contribution >= 0.6 is 27.5 Å². The lowest BCUT2D eigenvalue weighted by Gasteiger charge is -2.22. The van der Waals surface area contributed by atoms with Crippen molar-refractivity contribution < 1.29 is 4.39 Å². The Hall–Kier alpha value is -0.120. The molecule has 1 aromatic carbocycles. The molecule has 0 amide bonds. The van der Waals surface area contributed by atoms with Gasteiger partial charge in [-0.3, -0.25) is 0 Å². The third-order valence-corrected chi connectivity index (χ3v) is 5.18. The molecule has 1 aromatic rings. The summed E-state index contributed by atoms with van der Waals surface area (Å²) < 4.78 is 14.8. The van der Waals surface area contributed by atoms with E-state index in [0.29, 0.717) is 21.0 Å². The summed E-state index contributed by atoms with van der Waals surface area (Å²) in [7, 11) is 0. The maximum Gasteiger partial charge on any atom is 0.129 e. The Morgan fingerprint density at radius 3 is 2.68 bits per heavy atom. The van der Waals surface area contributed by atoms with Crippen LogP contribution in [-0.4, -0.2) is 6.54 Å². The van der Waals surface area contributed by atoms with E-state index in [1.165, 1.54) is 6.07 Å². The van der Waals surface area contributed by atoms with Gasteiger partial charge in [0, 0.05) is 16.1 Å². The van der Waals surface area contributed by atoms with Gasteiger partial charge >= 0.3 is 0 Å². The second-order valence-electron chi connectivity index (χ2n) is 6.02.